The van der Waals surface area contributed by atoms with Gasteiger partial charge in [-0.25, -0.2) is 9.67 Å². The molecule has 0 radical (unpaired) electrons. The Hall–Kier alpha value is -2.77. The SMILES string of the molecule is Cn1nnnc1-n1cnc(-c2ccc(N)cc2)n1. The average Bonchev–Trinajstić information content (AvgIpc) is 2.98. The lowest BCUT2D eigenvalue weighted by molar-refractivity contribution is 0.672. The summed E-state index contributed by atoms with van der Waals surface area (Å²) >= 11 is 0. The van der Waals surface area contributed by atoms with Crippen LogP contribution in [0.25, 0.3) is 17.3 Å². The van der Waals surface area contributed by atoms with Gasteiger partial charge in [-0.2, -0.15) is 4.68 Å². The molecule has 18 heavy (non-hydrogen) atoms. The second-order valence-corrected chi connectivity index (χ2v) is 3.74. The lowest BCUT2D eigenvalue weighted by Crippen LogP contribution is -2.04. The van der Waals surface area contributed by atoms with Crippen LogP contribution in [0.15, 0.2) is 30.6 Å². The summed E-state index contributed by atoms with van der Waals surface area (Å²) in [6.45, 7) is 0. The lowest BCUT2D eigenvalue weighted by Gasteiger charge is -1.97. The van der Waals surface area contributed by atoms with E-state index in [2.05, 4.69) is 25.6 Å². The molecule has 0 amide bonds. The molecule has 0 aliphatic carbocycles. The minimum atomic E-state index is 0.504. The molecular formula is C10H10N8. The molecule has 8 heteroatoms. The van der Waals surface area contributed by atoms with Gasteiger partial charge in [0.25, 0.3) is 5.95 Å². The number of rotatable bonds is 2. The number of nitrogens with two attached hydrogens (primary N) is 1. The van der Waals surface area contributed by atoms with E-state index in [1.54, 1.807) is 25.5 Å². The molecule has 0 fully saturated rings. The highest BCUT2D eigenvalue weighted by Gasteiger charge is 2.09. The molecule has 2 N–H and O–H groups in total. The van der Waals surface area contributed by atoms with E-state index in [9.17, 15) is 0 Å². The van der Waals surface area contributed by atoms with E-state index in [0.717, 1.165) is 5.56 Å². The third-order valence-corrected chi connectivity index (χ3v) is 2.46. The van der Waals surface area contributed by atoms with Crippen LogP contribution in [0.3, 0.4) is 0 Å². The number of benzene rings is 1. The number of anilines is 1. The molecule has 0 unspecified atom stereocenters. The Labute approximate surface area is 102 Å². The molecule has 2 heterocycles. The van der Waals surface area contributed by atoms with Gasteiger partial charge in [0.1, 0.15) is 6.33 Å². The molecule has 0 saturated carbocycles. The summed E-state index contributed by atoms with van der Waals surface area (Å²) in [6, 6.07) is 7.34. The zero-order chi connectivity index (χ0) is 12.5. The topological polar surface area (TPSA) is 100 Å². The van der Waals surface area contributed by atoms with Crippen LogP contribution in [0.4, 0.5) is 5.69 Å². The van der Waals surface area contributed by atoms with Gasteiger partial charge in [-0.3, -0.25) is 0 Å². The predicted octanol–water partition coefficient (Wildman–Crippen LogP) is 0.0400. The van der Waals surface area contributed by atoms with Crippen molar-refractivity contribution in [3.63, 3.8) is 0 Å². The third-order valence-electron chi connectivity index (χ3n) is 2.46. The Morgan fingerprint density at radius 3 is 2.61 bits per heavy atom. The van der Waals surface area contributed by atoms with Gasteiger partial charge in [-0.05, 0) is 34.7 Å². The van der Waals surface area contributed by atoms with Crippen LogP contribution < -0.4 is 5.73 Å². The molecule has 0 atom stereocenters. The Kier molecular flexibility index (Phi) is 2.26. The van der Waals surface area contributed by atoms with Crippen LogP contribution in [0.2, 0.25) is 0 Å². The van der Waals surface area contributed by atoms with Crippen LogP contribution in [-0.2, 0) is 7.05 Å². The number of nitrogens with zero attached hydrogens (tertiary/aromatic N) is 7. The van der Waals surface area contributed by atoms with Gasteiger partial charge in [0.05, 0.1) is 0 Å². The standard InChI is InChI=1S/C10H10N8/c1-17-10(13-15-16-17)18-6-12-9(14-18)7-2-4-8(11)5-3-7/h2-6H,11H2,1H3. The Morgan fingerprint density at radius 2 is 1.94 bits per heavy atom. The highest BCUT2D eigenvalue weighted by molar-refractivity contribution is 5.58. The van der Waals surface area contributed by atoms with Gasteiger partial charge in [0.15, 0.2) is 5.82 Å². The minimum Gasteiger partial charge on any atom is -0.399 e. The molecule has 90 valence electrons. The van der Waals surface area contributed by atoms with Gasteiger partial charge in [-0.15, -0.1) is 5.10 Å². The summed E-state index contributed by atoms with van der Waals surface area (Å²) in [7, 11) is 1.74. The highest BCUT2D eigenvalue weighted by atomic mass is 15.6. The maximum absolute atomic E-state index is 5.63. The molecular weight excluding hydrogens is 232 g/mol. The van der Waals surface area contributed by atoms with Gasteiger partial charge in [-0.1, -0.05) is 5.10 Å². The molecule has 0 saturated heterocycles. The number of aromatic nitrogens is 7. The van der Waals surface area contributed by atoms with Crippen molar-refractivity contribution in [1.29, 1.82) is 0 Å². The zero-order valence-corrected chi connectivity index (χ0v) is 9.59. The number of tetrazole rings is 1. The van der Waals surface area contributed by atoms with Crippen molar-refractivity contribution in [3.8, 4) is 17.3 Å². The molecule has 3 rings (SSSR count). The number of hydrogen-bond acceptors (Lipinski definition) is 6. The summed E-state index contributed by atoms with van der Waals surface area (Å²) in [6.07, 6.45) is 1.57. The quantitative estimate of drug-likeness (QED) is 0.637. The van der Waals surface area contributed by atoms with Gasteiger partial charge >= 0.3 is 0 Å². The first-order chi connectivity index (χ1) is 8.74. The van der Waals surface area contributed by atoms with Crippen LogP contribution in [0.5, 0.6) is 0 Å². The largest absolute Gasteiger partial charge is 0.399 e. The van der Waals surface area contributed by atoms with Crippen molar-refractivity contribution in [3.05, 3.63) is 30.6 Å². The maximum atomic E-state index is 5.63. The Morgan fingerprint density at radius 1 is 1.17 bits per heavy atom. The molecule has 0 spiro atoms. The van der Waals surface area contributed by atoms with E-state index >= 15 is 0 Å². The van der Waals surface area contributed by atoms with E-state index < -0.39 is 0 Å². The highest BCUT2D eigenvalue weighted by Crippen LogP contribution is 2.16. The first-order valence-electron chi connectivity index (χ1n) is 5.24. The fourth-order valence-electron chi connectivity index (χ4n) is 1.54. The molecule has 2 aromatic heterocycles. The molecule has 0 aliphatic rings. The van der Waals surface area contributed by atoms with Crippen molar-refractivity contribution in [1.82, 2.24) is 35.0 Å². The maximum Gasteiger partial charge on any atom is 0.271 e. The first kappa shape index (κ1) is 10.4. The minimum absolute atomic E-state index is 0.504. The van der Waals surface area contributed by atoms with Crippen molar-refractivity contribution in [2.75, 3.05) is 5.73 Å². The predicted molar refractivity (Wildman–Crippen MR) is 63.6 cm³/mol. The van der Waals surface area contributed by atoms with E-state index in [0.29, 0.717) is 17.5 Å². The van der Waals surface area contributed by atoms with Crippen molar-refractivity contribution < 1.29 is 0 Å². The van der Waals surface area contributed by atoms with Gasteiger partial charge in [0.2, 0.25) is 0 Å². The van der Waals surface area contributed by atoms with E-state index in [-0.39, 0.29) is 0 Å². The fraction of sp³-hybridized carbons (Fsp3) is 0.100. The number of aryl methyl sites for hydroxylation is 1. The van der Waals surface area contributed by atoms with Gasteiger partial charge < -0.3 is 5.73 Å². The lowest BCUT2D eigenvalue weighted by atomic mass is 10.2. The Balaban J connectivity index is 1.99. The van der Waals surface area contributed by atoms with Crippen molar-refractivity contribution >= 4 is 5.69 Å². The third kappa shape index (κ3) is 1.69. The monoisotopic (exact) mass is 242 g/mol. The molecule has 3 aromatic rings. The summed E-state index contributed by atoms with van der Waals surface area (Å²) in [5, 5.41) is 15.5. The molecule has 0 bridgehead atoms. The van der Waals surface area contributed by atoms with Crippen LogP contribution in [0.1, 0.15) is 0 Å². The second-order valence-electron chi connectivity index (χ2n) is 3.74. The first-order valence-corrected chi connectivity index (χ1v) is 5.24. The normalized spacial score (nSPS) is 10.7. The van der Waals surface area contributed by atoms with Crippen LogP contribution in [-0.4, -0.2) is 35.0 Å². The molecule has 0 aliphatic heterocycles. The van der Waals surface area contributed by atoms with Crippen molar-refractivity contribution in [2.24, 2.45) is 7.05 Å². The van der Waals surface area contributed by atoms with E-state index in [1.165, 1.54) is 9.36 Å². The molecule has 8 nitrogen and oxygen atoms in total. The zero-order valence-electron chi connectivity index (χ0n) is 9.59. The summed E-state index contributed by atoms with van der Waals surface area (Å²) in [4.78, 5) is 4.22. The number of nitrogen functional groups attached to an aromatic ring is 1. The van der Waals surface area contributed by atoms with Gasteiger partial charge in [0, 0.05) is 18.3 Å². The Bertz CT molecular complexity index is 665. The number of hydrogen-bond donors (Lipinski definition) is 1. The smallest absolute Gasteiger partial charge is 0.271 e. The van der Waals surface area contributed by atoms with E-state index in [1.807, 2.05) is 12.1 Å². The summed E-state index contributed by atoms with van der Waals surface area (Å²) in [5.74, 6) is 1.10. The summed E-state index contributed by atoms with van der Waals surface area (Å²) in [5.41, 5.74) is 7.22. The average molecular weight is 242 g/mol. The summed E-state index contributed by atoms with van der Waals surface area (Å²) < 4.78 is 3.03. The van der Waals surface area contributed by atoms with Crippen molar-refractivity contribution in [2.45, 2.75) is 0 Å². The van der Waals surface area contributed by atoms with Crippen LogP contribution in [0, 0.1) is 0 Å². The second kappa shape index (κ2) is 3.91. The molecule has 1 aromatic carbocycles. The fourth-order valence-corrected chi connectivity index (χ4v) is 1.54. The van der Waals surface area contributed by atoms with Crippen LogP contribution >= 0.6 is 0 Å². The van der Waals surface area contributed by atoms with E-state index in [4.69, 9.17) is 5.73 Å².